The van der Waals surface area contributed by atoms with Crippen LogP contribution < -0.4 is 0 Å². The Labute approximate surface area is 139 Å². The van der Waals surface area contributed by atoms with Crippen molar-refractivity contribution in [2.24, 2.45) is 5.41 Å². The molecule has 2 heterocycles. The number of benzene rings is 1. The van der Waals surface area contributed by atoms with Crippen molar-refractivity contribution in [3.63, 3.8) is 0 Å². The van der Waals surface area contributed by atoms with Crippen molar-refractivity contribution < 1.29 is 19.2 Å². The number of nitrogens with zero attached hydrogens (tertiary/aromatic N) is 2. The van der Waals surface area contributed by atoms with Gasteiger partial charge in [0, 0.05) is 19.5 Å². The minimum absolute atomic E-state index is 0.0555. The van der Waals surface area contributed by atoms with Crippen molar-refractivity contribution in [1.29, 1.82) is 0 Å². The van der Waals surface area contributed by atoms with Gasteiger partial charge < -0.3 is 0 Å². The first-order valence-electron chi connectivity index (χ1n) is 8.33. The zero-order valence-electron chi connectivity index (χ0n) is 13.3. The van der Waals surface area contributed by atoms with Gasteiger partial charge in [-0.2, -0.15) is 0 Å². The Hall–Kier alpha value is -2.50. The number of hydrogen-bond donors (Lipinski definition) is 0. The zero-order valence-corrected chi connectivity index (χ0v) is 13.3. The molecule has 0 N–H and O–H groups in total. The molecule has 24 heavy (non-hydrogen) atoms. The maximum absolute atomic E-state index is 12.6. The first-order valence-corrected chi connectivity index (χ1v) is 8.33. The van der Waals surface area contributed by atoms with Crippen molar-refractivity contribution in [1.82, 2.24) is 9.80 Å². The largest absolute Gasteiger partial charge is 0.280 e. The van der Waals surface area contributed by atoms with Gasteiger partial charge in [-0.15, -0.1) is 0 Å². The van der Waals surface area contributed by atoms with Crippen LogP contribution in [0.4, 0.5) is 0 Å². The molecule has 1 saturated heterocycles. The minimum atomic E-state index is -0.515. The topological polar surface area (TPSA) is 74.8 Å². The number of hydrogen-bond acceptors (Lipinski definition) is 4. The van der Waals surface area contributed by atoms with E-state index in [1.54, 1.807) is 24.3 Å². The molecule has 124 valence electrons. The van der Waals surface area contributed by atoms with Gasteiger partial charge in [-0.05, 0) is 25.0 Å². The van der Waals surface area contributed by atoms with Gasteiger partial charge >= 0.3 is 0 Å². The smallest absolute Gasteiger partial charge is 0.261 e. The second kappa shape index (κ2) is 5.26. The Bertz CT molecular complexity index is 729. The van der Waals surface area contributed by atoms with E-state index in [2.05, 4.69) is 0 Å². The highest BCUT2D eigenvalue weighted by Crippen LogP contribution is 2.46. The van der Waals surface area contributed by atoms with E-state index in [-0.39, 0.29) is 43.1 Å². The summed E-state index contributed by atoms with van der Waals surface area (Å²) in [6.07, 6.45) is 3.76. The van der Waals surface area contributed by atoms with E-state index < -0.39 is 5.41 Å². The summed E-state index contributed by atoms with van der Waals surface area (Å²) in [4.78, 5) is 51.9. The minimum Gasteiger partial charge on any atom is -0.280 e. The molecule has 1 saturated carbocycles. The quantitative estimate of drug-likeness (QED) is 0.791. The molecule has 1 spiro atoms. The van der Waals surface area contributed by atoms with Gasteiger partial charge in [0.2, 0.25) is 11.8 Å². The Morgan fingerprint density at radius 1 is 0.833 bits per heavy atom. The number of rotatable bonds is 3. The molecule has 6 heteroatoms. The summed E-state index contributed by atoms with van der Waals surface area (Å²) in [5.41, 5.74) is 0.252. The van der Waals surface area contributed by atoms with Gasteiger partial charge in [0.15, 0.2) is 0 Å². The van der Waals surface area contributed by atoms with E-state index in [1.807, 2.05) is 0 Å². The number of amides is 4. The summed E-state index contributed by atoms with van der Waals surface area (Å²) < 4.78 is 0. The molecule has 4 amide bonds. The van der Waals surface area contributed by atoms with E-state index in [0.717, 1.165) is 30.6 Å². The van der Waals surface area contributed by atoms with E-state index in [4.69, 9.17) is 0 Å². The average Bonchev–Trinajstić information content (AvgIpc) is 3.21. The lowest BCUT2D eigenvalue weighted by Crippen LogP contribution is -2.42. The van der Waals surface area contributed by atoms with Crippen LogP contribution in [0.2, 0.25) is 0 Å². The maximum Gasteiger partial charge on any atom is 0.261 e. The summed E-state index contributed by atoms with van der Waals surface area (Å²) in [5.74, 6) is -1.02. The van der Waals surface area contributed by atoms with E-state index in [0.29, 0.717) is 11.1 Å². The molecule has 6 nitrogen and oxygen atoms in total. The highest BCUT2D eigenvalue weighted by molar-refractivity contribution is 6.21. The van der Waals surface area contributed by atoms with Gasteiger partial charge in [0.25, 0.3) is 11.8 Å². The average molecular weight is 326 g/mol. The van der Waals surface area contributed by atoms with Gasteiger partial charge in [0.1, 0.15) is 0 Å². The predicted octanol–water partition coefficient (Wildman–Crippen LogP) is 1.60. The Morgan fingerprint density at radius 2 is 1.38 bits per heavy atom. The lowest BCUT2D eigenvalue weighted by Gasteiger charge is -2.22. The van der Waals surface area contributed by atoms with Gasteiger partial charge in [-0.1, -0.05) is 25.0 Å². The van der Waals surface area contributed by atoms with Crippen LogP contribution >= 0.6 is 0 Å². The van der Waals surface area contributed by atoms with Crippen LogP contribution in [0.25, 0.3) is 0 Å². The second-order valence-corrected chi connectivity index (χ2v) is 6.82. The monoisotopic (exact) mass is 326 g/mol. The van der Waals surface area contributed by atoms with Crippen LogP contribution in [-0.4, -0.2) is 46.5 Å². The van der Waals surface area contributed by atoms with Crippen LogP contribution in [-0.2, 0) is 9.59 Å². The Morgan fingerprint density at radius 3 is 1.96 bits per heavy atom. The van der Waals surface area contributed by atoms with Gasteiger partial charge in [-0.3, -0.25) is 29.0 Å². The first-order chi connectivity index (χ1) is 11.5. The molecular formula is C18H18N2O4. The Kier molecular flexibility index (Phi) is 3.30. The molecule has 0 bridgehead atoms. The van der Waals surface area contributed by atoms with Crippen LogP contribution in [0.3, 0.4) is 0 Å². The molecule has 2 aliphatic heterocycles. The molecule has 0 aromatic heterocycles. The molecule has 1 aromatic rings. The van der Waals surface area contributed by atoms with Crippen LogP contribution in [0, 0.1) is 5.41 Å². The standard InChI is InChI=1S/C18H18N2O4/c21-14-11-18(7-3-4-8-18)17(24)19(14)9-10-20-15(22)12-5-1-2-6-13(12)16(20)23/h1-2,5-6H,3-4,7-11H2. The predicted molar refractivity (Wildman–Crippen MR) is 84.0 cm³/mol. The van der Waals surface area contributed by atoms with Gasteiger partial charge in [0.05, 0.1) is 16.5 Å². The van der Waals surface area contributed by atoms with Crippen LogP contribution in [0.15, 0.2) is 24.3 Å². The normalized spacial score (nSPS) is 22.2. The van der Waals surface area contributed by atoms with Crippen molar-refractivity contribution >= 4 is 23.6 Å². The maximum atomic E-state index is 12.6. The number of carbonyl (C=O) groups is 4. The molecule has 0 unspecified atom stereocenters. The molecular weight excluding hydrogens is 308 g/mol. The molecule has 2 fully saturated rings. The summed E-state index contributed by atoms with van der Waals surface area (Å²) in [5, 5.41) is 0. The fourth-order valence-corrected chi connectivity index (χ4v) is 4.17. The van der Waals surface area contributed by atoms with E-state index in [1.165, 1.54) is 4.90 Å². The SMILES string of the molecule is O=C1CC2(CCCC2)C(=O)N1CCN1C(=O)c2ccccc2C1=O. The molecule has 0 radical (unpaired) electrons. The van der Waals surface area contributed by atoms with Crippen molar-refractivity contribution in [3.8, 4) is 0 Å². The lowest BCUT2D eigenvalue weighted by molar-refractivity contribution is -0.141. The molecule has 4 rings (SSSR count). The second-order valence-electron chi connectivity index (χ2n) is 6.82. The molecule has 1 aliphatic carbocycles. The highest BCUT2D eigenvalue weighted by atomic mass is 16.2. The third-order valence-corrected chi connectivity index (χ3v) is 5.48. The molecule has 0 atom stereocenters. The number of imide groups is 2. The van der Waals surface area contributed by atoms with E-state index >= 15 is 0 Å². The van der Waals surface area contributed by atoms with Crippen molar-refractivity contribution in [3.05, 3.63) is 35.4 Å². The van der Waals surface area contributed by atoms with Crippen molar-refractivity contribution in [2.75, 3.05) is 13.1 Å². The third-order valence-electron chi connectivity index (χ3n) is 5.48. The molecule has 1 aromatic carbocycles. The van der Waals surface area contributed by atoms with Crippen LogP contribution in [0.1, 0.15) is 52.8 Å². The van der Waals surface area contributed by atoms with Crippen LogP contribution in [0.5, 0.6) is 0 Å². The number of likely N-dealkylation sites (tertiary alicyclic amines) is 1. The third kappa shape index (κ3) is 2.02. The Balaban J connectivity index is 1.48. The molecule has 3 aliphatic rings. The number of fused-ring (bicyclic) bond motifs is 1. The first kappa shape index (κ1) is 15.1. The summed E-state index contributed by atoms with van der Waals surface area (Å²) in [6, 6.07) is 6.67. The fourth-order valence-electron chi connectivity index (χ4n) is 4.17. The summed E-state index contributed by atoms with van der Waals surface area (Å²) >= 11 is 0. The van der Waals surface area contributed by atoms with Crippen molar-refractivity contribution in [2.45, 2.75) is 32.1 Å². The summed E-state index contributed by atoms with van der Waals surface area (Å²) in [7, 11) is 0. The summed E-state index contributed by atoms with van der Waals surface area (Å²) in [6.45, 7) is 0.144. The lowest BCUT2D eigenvalue weighted by atomic mass is 9.84. The highest BCUT2D eigenvalue weighted by Gasteiger charge is 2.52. The van der Waals surface area contributed by atoms with E-state index in [9.17, 15) is 19.2 Å². The fraction of sp³-hybridized carbons (Fsp3) is 0.444. The zero-order chi connectivity index (χ0) is 16.9. The van der Waals surface area contributed by atoms with Gasteiger partial charge in [-0.25, -0.2) is 0 Å². The number of carbonyl (C=O) groups excluding carboxylic acids is 4.